The zero-order valence-corrected chi connectivity index (χ0v) is 13.5. The average Bonchev–Trinajstić information content (AvgIpc) is 2.38. The van der Waals surface area contributed by atoms with Crippen molar-refractivity contribution < 1.29 is 9.53 Å². The van der Waals surface area contributed by atoms with Crippen molar-refractivity contribution in [2.24, 2.45) is 11.8 Å². The van der Waals surface area contributed by atoms with E-state index in [0.717, 1.165) is 6.42 Å². The van der Waals surface area contributed by atoms with Crippen molar-refractivity contribution in [1.29, 1.82) is 0 Å². The second-order valence-electron chi connectivity index (χ2n) is 6.11. The maximum Gasteiger partial charge on any atom is 0.306 e. The lowest BCUT2D eigenvalue weighted by atomic mass is 9.88. The van der Waals surface area contributed by atoms with E-state index in [1.807, 2.05) is 6.92 Å². The molecule has 1 rings (SSSR count). The highest BCUT2D eigenvalue weighted by molar-refractivity contribution is 5.69. The van der Waals surface area contributed by atoms with E-state index >= 15 is 0 Å². The normalized spacial score (nSPS) is 12.8. The van der Waals surface area contributed by atoms with E-state index < -0.39 is 0 Å². The van der Waals surface area contributed by atoms with Gasteiger partial charge < -0.3 is 4.74 Å². The molecule has 1 atom stereocenters. The molecule has 0 aliphatic heterocycles. The van der Waals surface area contributed by atoms with Gasteiger partial charge in [0.2, 0.25) is 0 Å². The van der Waals surface area contributed by atoms with Crippen LogP contribution in [-0.4, -0.2) is 12.6 Å². The molecule has 0 amide bonds. The molecule has 1 unspecified atom stereocenters. The molecule has 0 aromatic heterocycles. The van der Waals surface area contributed by atoms with E-state index in [2.05, 4.69) is 52.0 Å². The topological polar surface area (TPSA) is 26.3 Å². The Bertz CT molecular complexity index is 404. The SMILES string of the molecule is CCO[14C](=O)CC(Cc1ccc(C(C)C)cc1)C(C)C. The Morgan fingerprint density at radius 3 is 2.15 bits per heavy atom. The monoisotopic (exact) mass is 278 g/mol. The summed E-state index contributed by atoms with van der Waals surface area (Å²) >= 11 is 0. The van der Waals surface area contributed by atoms with Gasteiger partial charge in [0, 0.05) is 6.42 Å². The first-order chi connectivity index (χ1) is 9.43. The molecular weight excluding hydrogens is 250 g/mol. The molecule has 0 aliphatic carbocycles. The van der Waals surface area contributed by atoms with Gasteiger partial charge in [-0.05, 0) is 42.2 Å². The summed E-state index contributed by atoms with van der Waals surface area (Å²) in [5, 5.41) is 0. The van der Waals surface area contributed by atoms with Gasteiger partial charge in [-0.25, -0.2) is 0 Å². The second-order valence-corrected chi connectivity index (χ2v) is 6.11. The van der Waals surface area contributed by atoms with E-state index in [9.17, 15) is 4.79 Å². The molecular formula is C18H28O2. The van der Waals surface area contributed by atoms with Crippen LogP contribution in [0.3, 0.4) is 0 Å². The lowest BCUT2D eigenvalue weighted by Crippen LogP contribution is -2.18. The minimum absolute atomic E-state index is 0.0787. The highest BCUT2D eigenvalue weighted by atomic mass is 16.8. The summed E-state index contributed by atoms with van der Waals surface area (Å²) in [6.07, 6.45) is 1.45. The maximum absolute atomic E-state index is 11.7. The average molecular weight is 278 g/mol. The zero-order valence-electron chi connectivity index (χ0n) is 13.5. The number of carbonyl (C=O) groups excluding carboxylic acids is 1. The minimum atomic E-state index is -0.0787. The Hall–Kier alpha value is -1.31. The Labute approximate surface area is 123 Å². The smallest absolute Gasteiger partial charge is 0.306 e. The number of carbonyl (C=O) groups is 1. The molecule has 2 heteroatoms. The number of hydrogen-bond acceptors (Lipinski definition) is 2. The third-order valence-electron chi connectivity index (χ3n) is 3.82. The molecule has 2 nitrogen and oxygen atoms in total. The molecule has 1 aromatic carbocycles. The molecule has 0 spiro atoms. The third kappa shape index (κ3) is 5.36. The predicted molar refractivity (Wildman–Crippen MR) is 83.8 cm³/mol. The molecule has 112 valence electrons. The van der Waals surface area contributed by atoms with Crippen molar-refractivity contribution in [3.8, 4) is 0 Å². The predicted octanol–water partition coefficient (Wildman–Crippen LogP) is 4.58. The molecule has 0 saturated heterocycles. The lowest BCUT2D eigenvalue weighted by Gasteiger charge is -2.20. The summed E-state index contributed by atoms with van der Waals surface area (Å²) in [4.78, 5) is 11.7. The van der Waals surface area contributed by atoms with E-state index in [1.165, 1.54) is 11.1 Å². The van der Waals surface area contributed by atoms with Gasteiger partial charge in [-0.3, -0.25) is 4.79 Å². The summed E-state index contributed by atoms with van der Waals surface area (Å²) in [7, 11) is 0. The Morgan fingerprint density at radius 1 is 1.10 bits per heavy atom. The van der Waals surface area contributed by atoms with Crippen molar-refractivity contribution in [3.05, 3.63) is 35.4 Å². The van der Waals surface area contributed by atoms with Crippen LogP contribution in [-0.2, 0) is 16.0 Å². The van der Waals surface area contributed by atoms with Crippen LogP contribution >= 0.6 is 0 Å². The van der Waals surface area contributed by atoms with E-state index in [1.54, 1.807) is 0 Å². The van der Waals surface area contributed by atoms with Crippen LogP contribution < -0.4 is 0 Å². The van der Waals surface area contributed by atoms with Crippen molar-refractivity contribution in [1.82, 2.24) is 0 Å². The van der Waals surface area contributed by atoms with Crippen LogP contribution in [0.15, 0.2) is 24.3 Å². The summed E-state index contributed by atoms with van der Waals surface area (Å²) in [6, 6.07) is 8.77. The molecule has 0 saturated carbocycles. The highest BCUT2D eigenvalue weighted by Crippen LogP contribution is 2.23. The van der Waals surface area contributed by atoms with Crippen LogP contribution in [0.1, 0.15) is 58.1 Å². The number of ether oxygens (including phenoxy) is 1. The standard InChI is InChI=1S/C18H28O2/c1-6-20-18(19)12-17(14(4)5)11-15-7-9-16(10-8-15)13(2)3/h7-10,13-14,17H,6,11-12H2,1-5H3/i18+2. The molecule has 1 aromatic rings. The molecule has 0 bridgehead atoms. The van der Waals surface area contributed by atoms with Gasteiger partial charge in [-0.1, -0.05) is 52.0 Å². The van der Waals surface area contributed by atoms with Gasteiger partial charge in [-0.2, -0.15) is 0 Å². The fraction of sp³-hybridized carbons (Fsp3) is 0.611. The number of hydrogen-bond donors (Lipinski definition) is 0. The van der Waals surface area contributed by atoms with Gasteiger partial charge in [0.05, 0.1) is 6.61 Å². The van der Waals surface area contributed by atoms with Crippen molar-refractivity contribution >= 4 is 5.97 Å². The zero-order chi connectivity index (χ0) is 15.1. The molecule has 0 aliphatic rings. The van der Waals surface area contributed by atoms with Crippen molar-refractivity contribution in [2.45, 2.75) is 53.4 Å². The number of benzene rings is 1. The van der Waals surface area contributed by atoms with Gasteiger partial charge in [0.15, 0.2) is 0 Å². The summed E-state index contributed by atoms with van der Waals surface area (Å²) in [6.45, 7) is 11.1. The van der Waals surface area contributed by atoms with Gasteiger partial charge in [0.25, 0.3) is 0 Å². The Balaban J connectivity index is 2.67. The first-order valence-electron chi connectivity index (χ1n) is 7.68. The van der Waals surface area contributed by atoms with E-state index in [0.29, 0.717) is 30.8 Å². The Morgan fingerprint density at radius 2 is 1.70 bits per heavy atom. The van der Waals surface area contributed by atoms with Gasteiger partial charge >= 0.3 is 5.97 Å². The molecule has 0 radical (unpaired) electrons. The quantitative estimate of drug-likeness (QED) is 0.682. The fourth-order valence-electron chi connectivity index (χ4n) is 2.32. The minimum Gasteiger partial charge on any atom is -0.466 e. The van der Waals surface area contributed by atoms with Gasteiger partial charge in [0.1, 0.15) is 0 Å². The first kappa shape index (κ1) is 16.7. The first-order valence-corrected chi connectivity index (χ1v) is 7.68. The Kier molecular flexibility index (Phi) is 6.77. The maximum atomic E-state index is 11.7. The molecule has 0 heterocycles. The van der Waals surface area contributed by atoms with Crippen LogP contribution in [0.25, 0.3) is 0 Å². The van der Waals surface area contributed by atoms with E-state index in [-0.39, 0.29) is 5.97 Å². The largest absolute Gasteiger partial charge is 0.466 e. The van der Waals surface area contributed by atoms with Crippen molar-refractivity contribution in [3.63, 3.8) is 0 Å². The van der Waals surface area contributed by atoms with Crippen molar-refractivity contribution in [2.75, 3.05) is 6.61 Å². The summed E-state index contributed by atoms with van der Waals surface area (Å²) < 4.78 is 5.07. The second kappa shape index (κ2) is 8.08. The van der Waals surface area contributed by atoms with Gasteiger partial charge in [-0.15, -0.1) is 0 Å². The van der Waals surface area contributed by atoms with Crippen LogP contribution in [0, 0.1) is 11.8 Å². The highest BCUT2D eigenvalue weighted by Gasteiger charge is 2.19. The van der Waals surface area contributed by atoms with Crippen LogP contribution in [0.4, 0.5) is 0 Å². The van der Waals surface area contributed by atoms with Crippen LogP contribution in [0.2, 0.25) is 0 Å². The number of rotatable bonds is 7. The number of esters is 1. The van der Waals surface area contributed by atoms with Crippen LogP contribution in [0.5, 0.6) is 0 Å². The lowest BCUT2D eigenvalue weighted by molar-refractivity contribution is -0.144. The fourth-order valence-corrected chi connectivity index (χ4v) is 2.32. The molecule has 0 N–H and O–H groups in total. The third-order valence-corrected chi connectivity index (χ3v) is 3.82. The molecule has 20 heavy (non-hydrogen) atoms. The summed E-state index contributed by atoms with van der Waals surface area (Å²) in [5.74, 6) is 1.30. The molecule has 0 fully saturated rings. The summed E-state index contributed by atoms with van der Waals surface area (Å²) in [5.41, 5.74) is 2.66. The van der Waals surface area contributed by atoms with E-state index in [4.69, 9.17) is 4.74 Å².